The zero-order chi connectivity index (χ0) is 9.31. The van der Waals surface area contributed by atoms with Crippen molar-refractivity contribution in [3.8, 4) is 0 Å². The summed E-state index contributed by atoms with van der Waals surface area (Å²) in [7, 11) is 0. The quantitative estimate of drug-likeness (QED) is 0.725. The molecule has 1 saturated carbocycles. The molecule has 0 saturated heterocycles. The zero-order valence-corrected chi connectivity index (χ0v) is 7.45. The first kappa shape index (κ1) is 8.16. The standard InChI is InChI=1S/C9H11N3O/c1-9(2-3-9)12-8(13)7-4-10-6-11-5-7/h4-6H,2-3H2,1H3,(H,12,13). The molecule has 4 nitrogen and oxygen atoms in total. The summed E-state index contributed by atoms with van der Waals surface area (Å²) in [6.07, 6.45) is 6.58. The Morgan fingerprint density at radius 3 is 2.62 bits per heavy atom. The van der Waals surface area contributed by atoms with Gasteiger partial charge in [0.15, 0.2) is 0 Å². The molecule has 1 heterocycles. The fraction of sp³-hybridized carbons (Fsp3) is 0.444. The molecule has 1 amide bonds. The summed E-state index contributed by atoms with van der Waals surface area (Å²) in [6.45, 7) is 2.04. The molecule has 0 bridgehead atoms. The van der Waals surface area contributed by atoms with Crippen LogP contribution < -0.4 is 5.32 Å². The first-order chi connectivity index (χ1) is 6.20. The maximum atomic E-state index is 11.5. The summed E-state index contributed by atoms with van der Waals surface area (Å²) in [5.74, 6) is -0.0828. The Bertz CT molecular complexity index is 319. The number of amides is 1. The fourth-order valence-electron chi connectivity index (χ4n) is 1.08. The van der Waals surface area contributed by atoms with Gasteiger partial charge in [0.1, 0.15) is 6.33 Å². The third kappa shape index (κ3) is 1.83. The summed E-state index contributed by atoms with van der Waals surface area (Å²) in [5.41, 5.74) is 0.544. The molecular formula is C9H11N3O. The van der Waals surface area contributed by atoms with Crippen LogP contribution in [-0.4, -0.2) is 21.4 Å². The molecule has 13 heavy (non-hydrogen) atoms. The molecule has 1 aromatic heterocycles. The van der Waals surface area contributed by atoms with Crippen LogP contribution in [0.4, 0.5) is 0 Å². The monoisotopic (exact) mass is 177 g/mol. The van der Waals surface area contributed by atoms with E-state index in [1.807, 2.05) is 6.92 Å². The predicted octanol–water partition coefficient (Wildman–Crippen LogP) is 0.759. The molecule has 1 aliphatic rings. The molecule has 4 heteroatoms. The van der Waals surface area contributed by atoms with Gasteiger partial charge in [-0.3, -0.25) is 4.79 Å². The van der Waals surface area contributed by atoms with Crippen LogP contribution in [0.1, 0.15) is 30.1 Å². The minimum Gasteiger partial charge on any atom is -0.347 e. The van der Waals surface area contributed by atoms with E-state index >= 15 is 0 Å². The van der Waals surface area contributed by atoms with Gasteiger partial charge in [0.05, 0.1) is 5.56 Å². The number of aromatic nitrogens is 2. The number of hydrogen-bond donors (Lipinski definition) is 1. The number of hydrogen-bond acceptors (Lipinski definition) is 3. The number of rotatable bonds is 2. The van der Waals surface area contributed by atoms with Crippen molar-refractivity contribution in [3.63, 3.8) is 0 Å². The lowest BCUT2D eigenvalue weighted by Gasteiger charge is -2.10. The molecule has 0 atom stereocenters. The van der Waals surface area contributed by atoms with Gasteiger partial charge in [-0.15, -0.1) is 0 Å². The third-order valence-electron chi connectivity index (χ3n) is 2.24. The van der Waals surface area contributed by atoms with Crippen molar-refractivity contribution >= 4 is 5.91 Å². The van der Waals surface area contributed by atoms with Gasteiger partial charge in [0, 0.05) is 17.9 Å². The molecule has 0 spiro atoms. The highest BCUT2D eigenvalue weighted by Gasteiger charge is 2.38. The molecular weight excluding hydrogens is 166 g/mol. The van der Waals surface area contributed by atoms with Crippen molar-refractivity contribution in [2.24, 2.45) is 0 Å². The first-order valence-corrected chi connectivity index (χ1v) is 4.27. The van der Waals surface area contributed by atoms with Crippen LogP contribution in [0, 0.1) is 0 Å². The van der Waals surface area contributed by atoms with Crippen molar-refractivity contribution < 1.29 is 4.79 Å². The second-order valence-corrected chi connectivity index (χ2v) is 3.64. The largest absolute Gasteiger partial charge is 0.347 e. The lowest BCUT2D eigenvalue weighted by Crippen LogP contribution is -2.34. The average Bonchev–Trinajstić information content (AvgIpc) is 2.85. The van der Waals surface area contributed by atoms with Crippen LogP contribution in [-0.2, 0) is 0 Å². The highest BCUT2D eigenvalue weighted by atomic mass is 16.1. The predicted molar refractivity (Wildman–Crippen MR) is 47.1 cm³/mol. The summed E-state index contributed by atoms with van der Waals surface area (Å²) in [6, 6.07) is 0. The average molecular weight is 177 g/mol. The zero-order valence-electron chi connectivity index (χ0n) is 7.45. The summed E-state index contributed by atoms with van der Waals surface area (Å²) >= 11 is 0. The Hall–Kier alpha value is -1.45. The number of nitrogens with one attached hydrogen (secondary N) is 1. The Labute approximate surface area is 76.4 Å². The highest BCUT2D eigenvalue weighted by molar-refractivity contribution is 5.94. The Kier molecular flexibility index (Phi) is 1.76. The highest BCUT2D eigenvalue weighted by Crippen LogP contribution is 2.34. The summed E-state index contributed by atoms with van der Waals surface area (Å²) in [4.78, 5) is 19.1. The van der Waals surface area contributed by atoms with Gasteiger partial charge in [-0.05, 0) is 19.8 Å². The molecule has 1 aromatic rings. The third-order valence-corrected chi connectivity index (χ3v) is 2.24. The summed E-state index contributed by atoms with van der Waals surface area (Å²) < 4.78 is 0. The fourth-order valence-corrected chi connectivity index (χ4v) is 1.08. The lowest BCUT2D eigenvalue weighted by atomic mass is 10.2. The molecule has 68 valence electrons. The van der Waals surface area contributed by atoms with Gasteiger partial charge in [-0.25, -0.2) is 9.97 Å². The van der Waals surface area contributed by atoms with Crippen LogP contribution in [0.15, 0.2) is 18.7 Å². The van der Waals surface area contributed by atoms with Crippen LogP contribution in [0.5, 0.6) is 0 Å². The van der Waals surface area contributed by atoms with E-state index in [0.717, 1.165) is 12.8 Å². The van der Waals surface area contributed by atoms with E-state index < -0.39 is 0 Å². The molecule has 0 unspecified atom stereocenters. The minimum absolute atomic E-state index is 0.0208. The van der Waals surface area contributed by atoms with Crippen molar-refractivity contribution in [1.82, 2.24) is 15.3 Å². The molecule has 0 aromatic carbocycles. The van der Waals surface area contributed by atoms with Crippen molar-refractivity contribution in [1.29, 1.82) is 0 Å². The van der Waals surface area contributed by atoms with E-state index in [0.29, 0.717) is 5.56 Å². The van der Waals surface area contributed by atoms with Crippen molar-refractivity contribution in [2.45, 2.75) is 25.3 Å². The first-order valence-electron chi connectivity index (χ1n) is 4.27. The minimum atomic E-state index is -0.0828. The smallest absolute Gasteiger partial charge is 0.254 e. The van der Waals surface area contributed by atoms with Gasteiger partial charge < -0.3 is 5.32 Å². The van der Waals surface area contributed by atoms with E-state index in [2.05, 4.69) is 15.3 Å². The second kappa shape index (κ2) is 2.80. The van der Waals surface area contributed by atoms with Crippen LogP contribution >= 0.6 is 0 Å². The topological polar surface area (TPSA) is 54.9 Å². The Morgan fingerprint density at radius 2 is 2.08 bits per heavy atom. The van der Waals surface area contributed by atoms with Crippen molar-refractivity contribution in [3.05, 3.63) is 24.3 Å². The van der Waals surface area contributed by atoms with Crippen LogP contribution in [0.25, 0.3) is 0 Å². The molecule has 2 rings (SSSR count). The van der Waals surface area contributed by atoms with Gasteiger partial charge in [0.25, 0.3) is 5.91 Å². The van der Waals surface area contributed by atoms with E-state index in [9.17, 15) is 4.79 Å². The second-order valence-electron chi connectivity index (χ2n) is 3.64. The van der Waals surface area contributed by atoms with Gasteiger partial charge in [0.2, 0.25) is 0 Å². The van der Waals surface area contributed by atoms with Gasteiger partial charge in [-0.2, -0.15) is 0 Å². The van der Waals surface area contributed by atoms with E-state index in [4.69, 9.17) is 0 Å². The maximum Gasteiger partial charge on any atom is 0.254 e. The van der Waals surface area contributed by atoms with E-state index in [1.165, 1.54) is 18.7 Å². The number of nitrogens with zero attached hydrogens (tertiary/aromatic N) is 2. The van der Waals surface area contributed by atoms with Gasteiger partial charge >= 0.3 is 0 Å². The summed E-state index contributed by atoms with van der Waals surface area (Å²) in [5, 5.41) is 2.93. The van der Waals surface area contributed by atoms with Crippen LogP contribution in [0.2, 0.25) is 0 Å². The maximum absolute atomic E-state index is 11.5. The Morgan fingerprint density at radius 1 is 1.46 bits per heavy atom. The molecule has 0 aliphatic heterocycles. The molecule has 1 fully saturated rings. The van der Waals surface area contributed by atoms with Crippen LogP contribution in [0.3, 0.4) is 0 Å². The Balaban J connectivity index is 2.06. The number of carbonyl (C=O) groups is 1. The lowest BCUT2D eigenvalue weighted by molar-refractivity contribution is 0.0934. The number of carbonyl (C=O) groups excluding carboxylic acids is 1. The SMILES string of the molecule is CC1(NC(=O)c2cncnc2)CC1. The molecule has 1 N–H and O–H groups in total. The van der Waals surface area contributed by atoms with E-state index in [1.54, 1.807) is 0 Å². The normalized spacial score (nSPS) is 17.9. The van der Waals surface area contributed by atoms with Crippen molar-refractivity contribution in [2.75, 3.05) is 0 Å². The molecule has 0 radical (unpaired) electrons. The van der Waals surface area contributed by atoms with Gasteiger partial charge in [-0.1, -0.05) is 0 Å². The van der Waals surface area contributed by atoms with E-state index in [-0.39, 0.29) is 11.4 Å². The molecule has 1 aliphatic carbocycles.